The van der Waals surface area contributed by atoms with Crippen LogP contribution in [0, 0.1) is 6.92 Å². The maximum atomic E-state index is 11.9. The molecule has 0 saturated heterocycles. The number of hydrogen-bond acceptors (Lipinski definition) is 3. The summed E-state index contributed by atoms with van der Waals surface area (Å²) >= 11 is 6.06. The van der Waals surface area contributed by atoms with Gasteiger partial charge in [0, 0.05) is 6.61 Å². The molecular formula is C17H18ClNO3. The molecule has 0 heterocycles. The number of para-hydroxylation sites is 1. The SMILES string of the molecule is Cc1cccc(Cl)c1NC(=O)COc1ccc(CCO)cc1. The van der Waals surface area contributed by atoms with Gasteiger partial charge in [0.2, 0.25) is 0 Å². The van der Waals surface area contributed by atoms with Crippen molar-refractivity contribution >= 4 is 23.2 Å². The third-order valence-electron chi connectivity index (χ3n) is 3.18. The Morgan fingerprint density at radius 1 is 1.23 bits per heavy atom. The van der Waals surface area contributed by atoms with Crippen LogP contribution in [0.1, 0.15) is 11.1 Å². The fraction of sp³-hybridized carbons (Fsp3) is 0.235. The van der Waals surface area contributed by atoms with Gasteiger partial charge in [-0.3, -0.25) is 4.79 Å². The Kier molecular flexibility index (Phi) is 5.81. The number of halogens is 1. The largest absolute Gasteiger partial charge is 0.484 e. The van der Waals surface area contributed by atoms with Crippen molar-refractivity contribution in [1.82, 2.24) is 0 Å². The average molecular weight is 320 g/mol. The Morgan fingerprint density at radius 3 is 2.59 bits per heavy atom. The number of anilines is 1. The smallest absolute Gasteiger partial charge is 0.262 e. The van der Waals surface area contributed by atoms with E-state index in [4.69, 9.17) is 21.4 Å². The quantitative estimate of drug-likeness (QED) is 0.859. The molecule has 0 bridgehead atoms. The first-order valence-electron chi connectivity index (χ1n) is 6.97. The van der Waals surface area contributed by atoms with Crippen LogP contribution in [0.15, 0.2) is 42.5 Å². The van der Waals surface area contributed by atoms with Gasteiger partial charge in [0.1, 0.15) is 5.75 Å². The summed E-state index contributed by atoms with van der Waals surface area (Å²) in [6.45, 7) is 1.89. The Bertz CT molecular complexity index is 621. The summed E-state index contributed by atoms with van der Waals surface area (Å²) in [6.07, 6.45) is 0.604. The van der Waals surface area contributed by atoms with E-state index in [1.54, 1.807) is 18.2 Å². The van der Waals surface area contributed by atoms with E-state index in [1.807, 2.05) is 31.2 Å². The maximum absolute atomic E-state index is 11.9. The maximum Gasteiger partial charge on any atom is 0.262 e. The van der Waals surface area contributed by atoms with Gasteiger partial charge in [0.25, 0.3) is 5.91 Å². The van der Waals surface area contributed by atoms with Crippen LogP contribution in [-0.4, -0.2) is 24.2 Å². The van der Waals surface area contributed by atoms with E-state index in [9.17, 15) is 4.79 Å². The third-order valence-corrected chi connectivity index (χ3v) is 3.50. The highest BCUT2D eigenvalue weighted by atomic mass is 35.5. The van der Waals surface area contributed by atoms with Crippen molar-refractivity contribution in [3.8, 4) is 5.75 Å². The van der Waals surface area contributed by atoms with Gasteiger partial charge in [-0.15, -0.1) is 0 Å². The first kappa shape index (κ1) is 16.3. The van der Waals surface area contributed by atoms with Crippen molar-refractivity contribution in [3.63, 3.8) is 0 Å². The lowest BCUT2D eigenvalue weighted by atomic mass is 10.1. The first-order chi connectivity index (χ1) is 10.6. The summed E-state index contributed by atoms with van der Waals surface area (Å²) in [5, 5.41) is 12.1. The summed E-state index contributed by atoms with van der Waals surface area (Å²) < 4.78 is 5.44. The minimum Gasteiger partial charge on any atom is -0.484 e. The molecule has 0 aliphatic heterocycles. The summed E-state index contributed by atoms with van der Waals surface area (Å²) in [4.78, 5) is 11.9. The van der Waals surface area contributed by atoms with Gasteiger partial charge in [-0.25, -0.2) is 0 Å². The second kappa shape index (κ2) is 7.82. The van der Waals surface area contributed by atoms with E-state index < -0.39 is 0 Å². The van der Waals surface area contributed by atoms with E-state index >= 15 is 0 Å². The summed E-state index contributed by atoms with van der Waals surface area (Å²) in [5.74, 6) is 0.336. The highest BCUT2D eigenvalue weighted by molar-refractivity contribution is 6.33. The second-order valence-corrected chi connectivity index (χ2v) is 5.29. The molecule has 0 fully saturated rings. The Balaban J connectivity index is 1.90. The van der Waals surface area contributed by atoms with Crippen LogP contribution < -0.4 is 10.1 Å². The number of ether oxygens (including phenoxy) is 1. The zero-order valence-corrected chi connectivity index (χ0v) is 13.1. The molecule has 2 N–H and O–H groups in total. The Hall–Kier alpha value is -2.04. The van der Waals surface area contributed by atoms with E-state index in [-0.39, 0.29) is 19.1 Å². The van der Waals surface area contributed by atoms with Crippen LogP contribution in [0.2, 0.25) is 5.02 Å². The van der Waals surface area contributed by atoms with Gasteiger partial charge in [-0.2, -0.15) is 0 Å². The molecule has 0 atom stereocenters. The van der Waals surface area contributed by atoms with Gasteiger partial charge in [-0.1, -0.05) is 35.9 Å². The van der Waals surface area contributed by atoms with Crippen molar-refractivity contribution in [3.05, 3.63) is 58.6 Å². The van der Waals surface area contributed by atoms with Crippen LogP contribution in [-0.2, 0) is 11.2 Å². The van der Waals surface area contributed by atoms with Crippen LogP contribution in [0.4, 0.5) is 5.69 Å². The number of aliphatic hydroxyl groups is 1. The highest BCUT2D eigenvalue weighted by Crippen LogP contribution is 2.25. The number of nitrogens with one attached hydrogen (secondary N) is 1. The number of benzene rings is 2. The van der Waals surface area contributed by atoms with Crippen LogP contribution in [0.3, 0.4) is 0 Å². The van der Waals surface area contributed by atoms with Gasteiger partial charge < -0.3 is 15.2 Å². The first-order valence-corrected chi connectivity index (χ1v) is 7.35. The van der Waals surface area contributed by atoms with E-state index in [0.29, 0.717) is 22.9 Å². The predicted molar refractivity (Wildman–Crippen MR) is 87.5 cm³/mol. The third kappa shape index (κ3) is 4.48. The number of amides is 1. The van der Waals surface area contributed by atoms with Crippen LogP contribution in [0.25, 0.3) is 0 Å². The lowest BCUT2D eigenvalue weighted by Gasteiger charge is -2.11. The fourth-order valence-corrected chi connectivity index (χ4v) is 2.27. The average Bonchev–Trinajstić information content (AvgIpc) is 2.51. The van der Waals surface area contributed by atoms with E-state index in [1.165, 1.54) is 0 Å². The van der Waals surface area contributed by atoms with Crippen molar-refractivity contribution < 1.29 is 14.6 Å². The number of carbonyl (C=O) groups is 1. The van der Waals surface area contributed by atoms with Gasteiger partial charge in [0.15, 0.2) is 6.61 Å². The van der Waals surface area contributed by atoms with Crippen molar-refractivity contribution in [1.29, 1.82) is 0 Å². The van der Waals surface area contributed by atoms with Crippen molar-refractivity contribution in [2.24, 2.45) is 0 Å². The molecule has 116 valence electrons. The standard InChI is InChI=1S/C17H18ClNO3/c1-12-3-2-4-15(18)17(12)19-16(21)11-22-14-7-5-13(6-8-14)9-10-20/h2-8,20H,9-11H2,1H3,(H,19,21). The van der Waals surface area contributed by atoms with Crippen LogP contribution >= 0.6 is 11.6 Å². The molecule has 0 unspecified atom stereocenters. The molecule has 0 spiro atoms. The molecule has 4 nitrogen and oxygen atoms in total. The molecule has 5 heteroatoms. The molecule has 0 aromatic heterocycles. The molecule has 0 radical (unpaired) electrons. The lowest BCUT2D eigenvalue weighted by molar-refractivity contribution is -0.118. The topological polar surface area (TPSA) is 58.6 Å². The van der Waals surface area contributed by atoms with E-state index in [0.717, 1.165) is 11.1 Å². The van der Waals surface area contributed by atoms with E-state index in [2.05, 4.69) is 5.32 Å². The number of carbonyl (C=O) groups excluding carboxylic acids is 1. The normalized spacial score (nSPS) is 10.3. The molecule has 0 saturated carbocycles. The van der Waals surface area contributed by atoms with Gasteiger partial charge in [-0.05, 0) is 42.7 Å². The van der Waals surface area contributed by atoms with Crippen molar-refractivity contribution in [2.75, 3.05) is 18.5 Å². The highest BCUT2D eigenvalue weighted by Gasteiger charge is 2.09. The Labute approximate surface area is 134 Å². The molecule has 22 heavy (non-hydrogen) atoms. The molecular weight excluding hydrogens is 302 g/mol. The van der Waals surface area contributed by atoms with Gasteiger partial charge in [0.05, 0.1) is 10.7 Å². The predicted octanol–water partition coefficient (Wildman–Crippen LogP) is 3.20. The number of rotatable bonds is 6. The monoisotopic (exact) mass is 319 g/mol. The fourth-order valence-electron chi connectivity index (χ4n) is 2.00. The summed E-state index contributed by atoms with van der Waals surface area (Å²) in [7, 11) is 0. The minimum absolute atomic E-state index is 0.0932. The summed E-state index contributed by atoms with van der Waals surface area (Å²) in [5.41, 5.74) is 2.52. The number of aliphatic hydroxyl groups excluding tert-OH is 1. The zero-order valence-electron chi connectivity index (χ0n) is 12.3. The molecule has 1 amide bonds. The Morgan fingerprint density at radius 2 is 1.95 bits per heavy atom. The minimum atomic E-state index is -0.268. The number of hydrogen-bond donors (Lipinski definition) is 2. The molecule has 2 aromatic rings. The van der Waals surface area contributed by atoms with Gasteiger partial charge >= 0.3 is 0 Å². The molecule has 2 rings (SSSR count). The second-order valence-electron chi connectivity index (χ2n) is 4.89. The lowest BCUT2D eigenvalue weighted by Crippen LogP contribution is -2.20. The summed E-state index contributed by atoms with van der Waals surface area (Å²) in [6, 6.07) is 12.7. The molecule has 0 aliphatic carbocycles. The molecule has 0 aliphatic rings. The number of aryl methyl sites for hydroxylation is 1. The van der Waals surface area contributed by atoms with Crippen LogP contribution in [0.5, 0.6) is 5.75 Å². The zero-order chi connectivity index (χ0) is 15.9. The van der Waals surface area contributed by atoms with Crippen molar-refractivity contribution in [2.45, 2.75) is 13.3 Å². The molecule has 2 aromatic carbocycles.